The number of anilines is 1. The average molecular weight is 679 g/mol. The van der Waals surface area contributed by atoms with Crippen LogP contribution in [-0.2, 0) is 22.7 Å². The molecule has 3 heterocycles. The number of hydrogen-bond donors (Lipinski definition) is 2. The summed E-state index contributed by atoms with van der Waals surface area (Å²) in [6, 6.07) is 18.7. The Kier molecular flexibility index (Phi) is 9.58. The van der Waals surface area contributed by atoms with Gasteiger partial charge in [-0.05, 0) is 92.5 Å². The lowest BCUT2D eigenvalue weighted by molar-refractivity contribution is -0.136. The lowest BCUT2D eigenvalue weighted by Gasteiger charge is -2.39. The smallest absolute Gasteiger partial charge is 0.255 e. The van der Waals surface area contributed by atoms with E-state index in [-0.39, 0.29) is 55.7 Å². The number of fused-ring (bicyclic) bond motifs is 1. The van der Waals surface area contributed by atoms with Gasteiger partial charge in [0.2, 0.25) is 11.8 Å². The maximum Gasteiger partial charge on any atom is 0.255 e. The van der Waals surface area contributed by atoms with Gasteiger partial charge in [0.1, 0.15) is 24.2 Å². The predicted octanol–water partition coefficient (Wildman–Crippen LogP) is 4.91. The first-order valence-electron chi connectivity index (χ1n) is 17.7. The number of benzene rings is 3. The molecule has 0 bridgehead atoms. The van der Waals surface area contributed by atoms with Crippen LogP contribution in [0.3, 0.4) is 0 Å². The molecule has 0 radical (unpaired) electrons. The maximum absolute atomic E-state index is 15.5. The van der Waals surface area contributed by atoms with Gasteiger partial charge in [-0.15, -0.1) is 0 Å². The molecule has 50 heavy (non-hydrogen) atoms. The molecule has 7 rings (SSSR count). The van der Waals surface area contributed by atoms with Gasteiger partial charge in [0.15, 0.2) is 0 Å². The van der Waals surface area contributed by atoms with Crippen LogP contribution in [-0.4, -0.2) is 65.8 Å². The van der Waals surface area contributed by atoms with Crippen molar-refractivity contribution in [3.05, 3.63) is 93.8 Å². The SMILES string of the molecule is CC(c1ccc(COc2cccc3c2CN([C@H]2CCC(=O)NC2=O)C3=O)c(F)c1)N1CCN(c2ccc(C#N)c(C3CCC(N)CC3)c2)CC1. The van der Waals surface area contributed by atoms with Crippen molar-refractivity contribution in [2.75, 3.05) is 31.1 Å². The number of nitrogens with two attached hydrogens (primary N) is 1. The molecule has 4 aliphatic rings. The highest BCUT2D eigenvalue weighted by atomic mass is 19.1. The Bertz CT molecular complexity index is 1840. The molecule has 3 aromatic carbocycles. The Hall–Kier alpha value is -4.79. The highest BCUT2D eigenvalue weighted by molar-refractivity contribution is 6.05. The van der Waals surface area contributed by atoms with Gasteiger partial charge in [-0.2, -0.15) is 5.26 Å². The molecule has 1 saturated carbocycles. The highest BCUT2D eigenvalue weighted by Gasteiger charge is 2.40. The van der Waals surface area contributed by atoms with Gasteiger partial charge in [-0.25, -0.2) is 4.39 Å². The minimum absolute atomic E-state index is 0.0114. The summed E-state index contributed by atoms with van der Waals surface area (Å²) in [4.78, 5) is 43.4. The van der Waals surface area contributed by atoms with E-state index in [4.69, 9.17) is 10.5 Å². The summed E-state index contributed by atoms with van der Waals surface area (Å²) in [5.41, 5.74) is 11.6. The van der Waals surface area contributed by atoms with E-state index in [9.17, 15) is 19.6 Å². The first-order valence-corrected chi connectivity index (χ1v) is 17.7. The molecule has 3 N–H and O–H groups in total. The van der Waals surface area contributed by atoms with Gasteiger partial charge in [-0.1, -0.05) is 18.2 Å². The normalized spacial score (nSPS) is 23.3. The van der Waals surface area contributed by atoms with Gasteiger partial charge >= 0.3 is 0 Å². The van der Waals surface area contributed by atoms with E-state index < -0.39 is 11.9 Å². The standard InChI is InChI=1S/C39H43FN6O4/c1-24(44-15-17-45(18-16-44)30-12-9-27(21-41)32(20-30)25-7-10-29(42)11-8-25)26-5-6-28(34(40)19-26)23-50-36-4-2-3-31-33(36)22-46(39(31)49)35-13-14-37(47)43-38(35)48/h2-6,9,12,19-20,24-25,29,35H,7-8,10-11,13-18,22-23,42H2,1H3,(H,43,47,48)/t24?,25?,29?,35-/m0/s1. The molecular formula is C39H43FN6O4. The van der Waals surface area contributed by atoms with E-state index in [1.54, 1.807) is 30.3 Å². The molecule has 10 nitrogen and oxygen atoms in total. The molecular weight excluding hydrogens is 635 g/mol. The predicted molar refractivity (Wildman–Crippen MR) is 186 cm³/mol. The second kappa shape index (κ2) is 14.2. The third kappa shape index (κ3) is 6.70. The summed E-state index contributed by atoms with van der Waals surface area (Å²) < 4.78 is 21.6. The Balaban J connectivity index is 0.960. The largest absolute Gasteiger partial charge is 0.488 e. The molecule has 0 spiro atoms. The number of piperazine rings is 1. The fourth-order valence-corrected chi connectivity index (χ4v) is 7.98. The number of imide groups is 1. The van der Waals surface area contributed by atoms with E-state index in [0.717, 1.165) is 74.2 Å². The zero-order valence-corrected chi connectivity index (χ0v) is 28.4. The lowest BCUT2D eigenvalue weighted by atomic mass is 9.80. The van der Waals surface area contributed by atoms with Crippen LogP contribution >= 0.6 is 0 Å². The molecule has 2 saturated heterocycles. The van der Waals surface area contributed by atoms with Crippen molar-refractivity contribution in [3.8, 4) is 11.8 Å². The first-order chi connectivity index (χ1) is 24.2. The maximum atomic E-state index is 15.5. The highest BCUT2D eigenvalue weighted by Crippen LogP contribution is 2.37. The molecule has 3 amide bonds. The van der Waals surface area contributed by atoms with Crippen LogP contribution in [0, 0.1) is 17.1 Å². The van der Waals surface area contributed by atoms with Crippen LogP contribution in [0.1, 0.15) is 95.6 Å². The van der Waals surface area contributed by atoms with E-state index in [2.05, 4.69) is 40.2 Å². The monoisotopic (exact) mass is 678 g/mol. The number of nitriles is 1. The number of amides is 3. The zero-order chi connectivity index (χ0) is 34.9. The van der Waals surface area contributed by atoms with Crippen LogP contribution in [0.15, 0.2) is 54.6 Å². The molecule has 2 atom stereocenters. The van der Waals surface area contributed by atoms with Crippen molar-refractivity contribution >= 4 is 23.4 Å². The summed E-state index contributed by atoms with van der Waals surface area (Å²) in [5.74, 6) is -0.588. The third-order valence-electron chi connectivity index (χ3n) is 11.1. The number of halogens is 1. The van der Waals surface area contributed by atoms with E-state index in [0.29, 0.717) is 28.4 Å². The molecule has 260 valence electrons. The minimum Gasteiger partial charge on any atom is -0.488 e. The van der Waals surface area contributed by atoms with Crippen molar-refractivity contribution in [3.63, 3.8) is 0 Å². The van der Waals surface area contributed by atoms with Crippen LogP contribution < -0.4 is 20.7 Å². The number of carbonyl (C=O) groups is 3. The number of nitrogens with zero attached hydrogens (tertiary/aromatic N) is 4. The lowest BCUT2D eigenvalue weighted by Crippen LogP contribution is -2.52. The average Bonchev–Trinajstić information content (AvgIpc) is 3.47. The van der Waals surface area contributed by atoms with Gasteiger partial charge in [0.25, 0.3) is 5.91 Å². The van der Waals surface area contributed by atoms with E-state index in [1.807, 2.05) is 12.1 Å². The summed E-state index contributed by atoms with van der Waals surface area (Å²) >= 11 is 0. The quantitative estimate of drug-likeness (QED) is 0.322. The van der Waals surface area contributed by atoms with E-state index in [1.165, 1.54) is 4.90 Å². The van der Waals surface area contributed by atoms with Crippen LogP contribution in [0.2, 0.25) is 0 Å². The molecule has 3 aromatic rings. The van der Waals surface area contributed by atoms with Crippen LogP contribution in [0.5, 0.6) is 5.75 Å². The molecule has 11 heteroatoms. The summed E-state index contributed by atoms with van der Waals surface area (Å²) in [7, 11) is 0. The van der Waals surface area contributed by atoms with Crippen LogP contribution in [0.4, 0.5) is 10.1 Å². The molecule has 3 fully saturated rings. The molecule has 0 aromatic heterocycles. The van der Waals surface area contributed by atoms with Gasteiger partial charge in [0, 0.05) is 67.1 Å². The van der Waals surface area contributed by atoms with Crippen molar-refractivity contribution in [1.82, 2.24) is 15.1 Å². The Morgan fingerprint density at radius 3 is 2.50 bits per heavy atom. The van der Waals surface area contributed by atoms with E-state index >= 15 is 4.39 Å². The number of nitrogens with one attached hydrogen (secondary N) is 1. The Morgan fingerprint density at radius 2 is 1.78 bits per heavy atom. The first kappa shape index (κ1) is 33.7. The second-order valence-corrected chi connectivity index (χ2v) is 14.0. The number of carbonyl (C=O) groups excluding carboxylic acids is 3. The number of ether oxygens (including phenoxy) is 1. The topological polar surface area (TPSA) is 132 Å². The Labute approximate surface area is 292 Å². The van der Waals surface area contributed by atoms with Gasteiger partial charge in [0.05, 0.1) is 18.2 Å². The third-order valence-corrected chi connectivity index (χ3v) is 11.1. The van der Waals surface area contributed by atoms with Crippen molar-refractivity contribution in [2.45, 2.75) is 82.6 Å². The number of piperidine rings is 1. The van der Waals surface area contributed by atoms with Crippen molar-refractivity contribution < 1.29 is 23.5 Å². The second-order valence-electron chi connectivity index (χ2n) is 14.0. The van der Waals surface area contributed by atoms with Crippen LogP contribution in [0.25, 0.3) is 0 Å². The van der Waals surface area contributed by atoms with Gasteiger partial charge < -0.3 is 20.3 Å². The van der Waals surface area contributed by atoms with Crippen molar-refractivity contribution in [2.24, 2.45) is 5.73 Å². The minimum atomic E-state index is -0.717. The molecule has 1 unspecified atom stereocenters. The zero-order valence-electron chi connectivity index (χ0n) is 28.4. The van der Waals surface area contributed by atoms with Crippen molar-refractivity contribution in [1.29, 1.82) is 5.26 Å². The summed E-state index contributed by atoms with van der Waals surface area (Å²) in [5, 5.41) is 12.1. The number of hydrogen-bond acceptors (Lipinski definition) is 8. The van der Waals surface area contributed by atoms with Gasteiger partial charge in [-0.3, -0.25) is 24.6 Å². The fourth-order valence-electron chi connectivity index (χ4n) is 7.98. The molecule has 3 aliphatic heterocycles. The number of rotatable bonds is 8. The summed E-state index contributed by atoms with van der Waals surface area (Å²) in [6.07, 6.45) is 4.49. The summed E-state index contributed by atoms with van der Waals surface area (Å²) in [6.45, 7) is 5.61. The fraction of sp³-hybridized carbons (Fsp3) is 0.436. The Morgan fingerprint density at radius 1 is 1.00 bits per heavy atom. The molecule has 1 aliphatic carbocycles.